The smallest absolute Gasteiger partial charge is 0.339 e. The lowest BCUT2D eigenvalue weighted by molar-refractivity contribution is -0.142. The highest BCUT2D eigenvalue weighted by molar-refractivity contribution is 5.97. The minimum atomic E-state index is -0.961. The van der Waals surface area contributed by atoms with E-state index in [0.717, 1.165) is 31.4 Å². The number of rotatable bonds is 5. The zero-order valence-corrected chi connectivity index (χ0v) is 17.0. The maximum Gasteiger partial charge on any atom is 0.339 e. The molecule has 6 heteroatoms. The van der Waals surface area contributed by atoms with Gasteiger partial charge in [0, 0.05) is 37.3 Å². The maximum atomic E-state index is 13.1. The lowest BCUT2D eigenvalue weighted by atomic mass is 10.1. The van der Waals surface area contributed by atoms with E-state index in [1.165, 1.54) is 0 Å². The van der Waals surface area contributed by atoms with E-state index in [1.807, 2.05) is 30.3 Å². The Balaban J connectivity index is 1.51. The van der Waals surface area contributed by atoms with Crippen molar-refractivity contribution in [1.82, 2.24) is 4.90 Å². The highest BCUT2D eigenvalue weighted by Gasteiger charge is 2.30. The number of hydrogen-bond donors (Lipinski definition) is 0. The van der Waals surface area contributed by atoms with Crippen LogP contribution in [0.15, 0.2) is 54.6 Å². The molecule has 0 N–H and O–H groups in total. The normalized spacial score (nSPS) is 17.7. The Morgan fingerprint density at radius 2 is 1.53 bits per heavy atom. The number of anilines is 1. The third kappa shape index (κ3) is 4.37. The van der Waals surface area contributed by atoms with Crippen LogP contribution in [0.25, 0.3) is 0 Å². The Bertz CT molecular complexity index is 905. The van der Waals surface area contributed by atoms with E-state index < -0.39 is 12.1 Å². The number of benzene rings is 2. The zero-order chi connectivity index (χ0) is 20.9. The first-order valence-corrected chi connectivity index (χ1v) is 10.6. The van der Waals surface area contributed by atoms with E-state index >= 15 is 0 Å². The molecular formula is C24H26N2O4. The molecule has 6 nitrogen and oxygen atoms in total. The fraction of sp³-hybridized carbons (Fsp3) is 0.375. The summed E-state index contributed by atoms with van der Waals surface area (Å²) >= 11 is 0. The lowest BCUT2D eigenvalue weighted by Gasteiger charge is -2.30. The van der Waals surface area contributed by atoms with Gasteiger partial charge >= 0.3 is 5.97 Å². The molecule has 0 aromatic heterocycles. The van der Waals surface area contributed by atoms with Crippen molar-refractivity contribution in [2.45, 2.75) is 38.2 Å². The molecule has 0 radical (unpaired) electrons. The summed E-state index contributed by atoms with van der Waals surface area (Å²) in [7, 11) is 0. The molecule has 2 saturated heterocycles. The van der Waals surface area contributed by atoms with Crippen molar-refractivity contribution >= 4 is 23.5 Å². The average molecular weight is 406 g/mol. The molecular weight excluding hydrogens is 380 g/mol. The number of ether oxygens (including phenoxy) is 1. The highest BCUT2D eigenvalue weighted by Crippen LogP contribution is 2.26. The number of nitrogens with zero attached hydrogens (tertiary/aromatic N) is 2. The number of likely N-dealkylation sites (tertiary alicyclic amines) is 1. The van der Waals surface area contributed by atoms with Crippen LogP contribution in [-0.4, -0.2) is 42.3 Å². The van der Waals surface area contributed by atoms with Gasteiger partial charge in [0.15, 0.2) is 0 Å². The molecule has 2 aliphatic rings. The Morgan fingerprint density at radius 3 is 2.17 bits per heavy atom. The van der Waals surface area contributed by atoms with Crippen molar-refractivity contribution < 1.29 is 19.1 Å². The second kappa shape index (κ2) is 9.11. The molecule has 1 atom stereocenters. The van der Waals surface area contributed by atoms with E-state index in [2.05, 4.69) is 0 Å². The molecule has 0 spiro atoms. The molecule has 30 heavy (non-hydrogen) atoms. The van der Waals surface area contributed by atoms with E-state index in [4.69, 9.17) is 4.74 Å². The van der Waals surface area contributed by atoms with Gasteiger partial charge in [0.05, 0.1) is 5.56 Å². The van der Waals surface area contributed by atoms with E-state index in [1.54, 1.807) is 34.1 Å². The molecule has 4 rings (SSSR count). The van der Waals surface area contributed by atoms with Crippen LogP contribution in [0.1, 0.15) is 54.1 Å². The van der Waals surface area contributed by atoms with Crippen molar-refractivity contribution in [3.05, 3.63) is 65.7 Å². The third-order valence-electron chi connectivity index (χ3n) is 5.71. The number of carbonyl (C=O) groups is 3. The molecule has 156 valence electrons. The first-order valence-electron chi connectivity index (χ1n) is 10.6. The van der Waals surface area contributed by atoms with E-state index in [-0.39, 0.29) is 11.8 Å². The SMILES string of the molecule is O=C(OC(C(=O)N1CCCCC1)c1ccccc1)c1ccc(N2CCCC2=O)cc1. The van der Waals surface area contributed by atoms with Gasteiger partial charge in [-0.1, -0.05) is 30.3 Å². The van der Waals surface area contributed by atoms with E-state index in [0.29, 0.717) is 37.2 Å². The monoisotopic (exact) mass is 406 g/mol. The topological polar surface area (TPSA) is 66.9 Å². The zero-order valence-electron chi connectivity index (χ0n) is 17.0. The van der Waals surface area contributed by atoms with Crippen LogP contribution in [0.5, 0.6) is 0 Å². The lowest BCUT2D eigenvalue weighted by Crippen LogP contribution is -2.40. The van der Waals surface area contributed by atoms with Gasteiger partial charge in [0.25, 0.3) is 5.91 Å². The highest BCUT2D eigenvalue weighted by atomic mass is 16.5. The van der Waals surface area contributed by atoms with E-state index in [9.17, 15) is 14.4 Å². The molecule has 2 aliphatic heterocycles. The van der Waals surface area contributed by atoms with Crippen LogP contribution < -0.4 is 4.90 Å². The molecule has 1 unspecified atom stereocenters. The summed E-state index contributed by atoms with van der Waals surface area (Å²) in [4.78, 5) is 41.4. The fourth-order valence-electron chi connectivity index (χ4n) is 4.04. The number of piperidine rings is 1. The Hall–Kier alpha value is -3.15. The first-order chi connectivity index (χ1) is 14.6. The molecule has 2 aromatic rings. The van der Waals surface area contributed by atoms with Gasteiger partial charge < -0.3 is 14.5 Å². The van der Waals surface area contributed by atoms with Crippen molar-refractivity contribution in [1.29, 1.82) is 0 Å². The molecule has 2 aromatic carbocycles. The van der Waals surface area contributed by atoms with Gasteiger partial charge in [-0.2, -0.15) is 0 Å². The summed E-state index contributed by atoms with van der Waals surface area (Å²) in [5.74, 6) is -0.622. The molecule has 0 saturated carbocycles. The number of amides is 2. The predicted octanol–water partition coefficient (Wildman–Crippen LogP) is 3.72. The van der Waals surface area contributed by atoms with Gasteiger partial charge in [-0.3, -0.25) is 9.59 Å². The van der Waals surface area contributed by atoms with Crippen LogP contribution in [-0.2, 0) is 14.3 Å². The summed E-state index contributed by atoms with van der Waals surface area (Å²) in [6.45, 7) is 2.08. The second-order valence-electron chi connectivity index (χ2n) is 7.78. The summed E-state index contributed by atoms with van der Waals surface area (Å²) in [6.07, 6.45) is 3.50. The summed E-state index contributed by atoms with van der Waals surface area (Å²) < 4.78 is 5.71. The third-order valence-corrected chi connectivity index (χ3v) is 5.71. The molecule has 0 aliphatic carbocycles. The second-order valence-corrected chi connectivity index (χ2v) is 7.78. The fourth-order valence-corrected chi connectivity index (χ4v) is 4.04. The van der Waals surface area contributed by atoms with Gasteiger partial charge in [-0.15, -0.1) is 0 Å². The Kier molecular flexibility index (Phi) is 6.12. The molecule has 2 amide bonds. The average Bonchev–Trinajstić information content (AvgIpc) is 3.24. The van der Waals surface area contributed by atoms with Crippen LogP contribution in [0.4, 0.5) is 5.69 Å². The van der Waals surface area contributed by atoms with Crippen LogP contribution in [0.3, 0.4) is 0 Å². The summed E-state index contributed by atoms with van der Waals surface area (Å²) in [6, 6.07) is 16.0. The molecule has 0 bridgehead atoms. The molecule has 2 heterocycles. The van der Waals surface area contributed by atoms with Gasteiger partial charge in [-0.25, -0.2) is 4.79 Å². The van der Waals surface area contributed by atoms with Crippen LogP contribution >= 0.6 is 0 Å². The van der Waals surface area contributed by atoms with Crippen molar-refractivity contribution in [3.63, 3.8) is 0 Å². The van der Waals surface area contributed by atoms with Crippen LogP contribution in [0, 0.1) is 0 Å². The van der Waals surface area contributed by atoms with Gasteiger partial charge in [0.1, 0.15) is 0 Å². The first kappa shape index (κ1) is 20.1. The number of hydrogen-bond acceptors (Lipinski definition) is 4. The standard InChI is InChI=1S/C24H26N2O4/c27-21-10-7-17-26(21)20-13-11-19(12-14-20)24(29)30-22(18-8-3-1-4-9-18)23(28)25-15-5-2-6-16-25/h1,3-4,8-9,11-14,22H,2,5-7,10,15-17H2. The van der Waals surface area contributed by atoms with Crippen LogP contribution in [0.2, 0.25) is 0 Å². The summed E-state index contributed by atoms with van der Waals surface area (Å²) in [5.41, 5.74) is 1.80. The molecule has 2 fully saturated rings. The summed E-state index contributed by atoms with van der Waals surface area (Å²) in [5, 5.41) is 0. The predicted molar refractivity (Wildman–Crippen MR) is 113 cm³/mol. The van der Waals surface area contributed by atoms with Gasteiger partial charge in [0.2, 0.25) is 12.0 Å². The minimum absolute atomic E-state index is 0.0987. The number of esters is 1. The van der Waals surface area contributed by atoms with Crippen molar-refractivity contribution in [2.75, 3.05) is 24.5 Å². The van der Waals surface area contributed by atoms with Crippen molar-refractivity contribution in [3.8, 4) is 0 Å². The van der Waals surface area contributed by atoms with Gasteiger partial charge in [-0.05, 0) is 49.9 Å². The maximum absolute atomic E-state index is 13.1. The largest absolute Gasteiger partial charge is 0.444 e. The minimum Gasteiger partial charge on any atom is -0.444 e. The quantitative estimate of drug-likeness (QED) is 0.710. The number of carbonyl (C=O) groups excluding carboxylic acids is 3. The Labute approximate surface area is 176 Å². The Morgan fingerprint density at radius 1 is 0.833 bits per heavy atom. The van der Waals surface area contributed by atoms with Crippen molar-refractivity contribution in [2.24, 2.45) is 0 Å².